The summed E-state index contributed by atoms with van der Waals surface area (Å²) in [5.74, 6) is 0.168. The van der Waals surface area contributed by atoms with Crippen LogP contribution in [0, 0.1) is 5.82 Å². The fourth-order valence-corrected chi connectivity index (χ4v) is 2.41. The van der Waals surface area contributed by atoms with E-state index in [1.807, 2.05) is 6.07 Å². The van der Waals surface area contributed by atoms with Gasteiger partial charge < -0.3 is 10.1 Å². The van der Waals surface area contributed by atoms with Gasteiger partial charge in [-0.2, -0.15) is 0 Å². The Morgan fingerprint density at radius 1 is 1.26 bits per heavy atom. The molecule has 0 fully saturated rings. The molecule has 1 N–H and O–H groups in total. The van der Waals surface area contributed by atoms with Gasteiger partial charge in [0.15, 0.2) is 12.4 Å². The predicted molar refractivity (Wildman–Crippen MR) is 95.6 cm³/mol. The summed E-state index contributed by atoms with van der Waals surface area (Å²) in [5.41, 5.74) is 0.443. The molecule has 3 rings (SSSR count). The molecule has 0 aliphatic carbocycles. The molecule has 3 aromatic rings. The molecule has 1 amide bonds. The third-order valence-corrected chi connectivity index (χ3v) is 3.79. The van der Waals surface area contributed by atoms with E-state index in [4.69, 9.17) is 4.74 Å². The van der Waals surface area contributed by atoms with Crippen LogP contribution in [0.2, 0.25) is 0 Å². The minimum Gasteiger partial charge on any atom is -0.484 e. The minimum atomic E-state index is -0.377. The average Bonchev–Trinajstić information content (AvgIpc) is 2.97. The van der Waals surface area contributed by atoms with Crippen LogP contribution in [0.3, 0.4) is 0 Å². The smallest absolute Gasteiger partial charge is 0.345 e. The third-order valence-electron chi connectivity index (χ3n) is 3.79. The summed E-state index contributed by atoms with van der Waals surface area (Å²) in [6, 6.07) is 8.96. The fourth-order valence-electron chi connectivity index (χ4n) is 2.41. The number of pyridine rings is 1. The maximum Gasteiger partial charge on any atom is 0.345 e. The molecule has 8 nitrogen and oxygen atoms in total. The number of carbonyl (C=O) groups is 1. The molecule has 0 aliphatic heterocycles. The van der Waals surface area contributed by atoms with E-state index in [2.05, 4.69) is 15.4 Å². The Morgan fingerprint density at radius 3 is 2.74 bits per heavy atom. The topological polar surface area (TPSA) is 91.0 Å². The Bertz CT molecular complexity index is 967. The van der Waals surface area contributed by atoms with Crippen LogP contribution in [0.1, 0.15) is 0 Å². The van der Waals surface area contributed by atoms with Gasteiger partial charge in [-0.25, -0.2) is 13.9 Å². The lowest BCUT2D eigenvalue weighted by Crippen LogP contribution is -2.34. The lowest BCUT2D eigenvalue weighted by molar-refractivity contribution is -0.123. The molecule has 2 aromatic heterocycles. The Balaban J connectivity index is 1.52. The van der Waals surface area contributed by atoms with Crippen molar-refractivity contribution in [2.45, 2.75) is 6.54 Å². The molecule has 1 aromatic carbocycles. The number of benzene rings is 1. The van der Waals surface area contributed by atoms with Gasteiger partial charge in [-0.3, -0.25) is 14.3 Å². The second kappa shape index (κ2) is 8.26. The Morgan fingerprint density at radius 2 is 2.04 bits per heavy atom. The summed E-state index contributed by atoms with van der Waals surface area (Å²) < 4.78 is 20.8. The van der Waals surface area contributed by atoms with Gasteiger partial charge in [-0.15, -0.1) is 5.10 Å². The van der Waals surface area contributed by atoms with Crippen molar-refractivity contribution in [2.24, 2.45) is 7.05 Å². The Hall–Kier alpha value is -3.49. The van der Waals surface area contributed by atoms with Gasteiger partial charge in [-0.05, 0) is 36.4 Å². The monoisotopic (exact) mass is 371 g/mol. The molecule has 0 spiro atoms. The molecule has 0 saturated carbocycles. The minimum absolute atomic E-state index is 0.205. The number of nitrogens with one attached hydrogen (secondary N) is 1. The van der Waals surface area contributed by atoms with Gasteiger partial charge in [-0.1, -0.05) is 0 Å². The number of aromatic nitrogens is 4. The van der Waals surface area contributed by atoms with E-state index in [0.29, 0.717) is 11.6 Å². The van der Waals surface area contributed by atoms with Gasteiger partial charge in [0, 0.05) is 31.5 Å². The summed E-state index contributed by atoms with van der Waals surface area (Å²) in [5, 5.41) is 6.94. The highest BCUT2D eigenvalue weighted by Gasteiger charge is 2.12. The van der Waals surface area contributed by atoms with Gasteiger partial charge in [0.25, 0.3) is 5.91 Å². The zero-order valence-corrected chi connectivity index (χ0v) is 14.6. The van der Waals surface area contributed by atoms with Gasteiger partial charge in [0.1, 0.15) is 11.6 Å². The molecular formula is C18H18FN5O3. The van der Waals surface area contributed by atoms with Gasteiger partial charge >= 0.3 is 5.69 Å². The predicted octanol–water partition coefficient (Wildman–Crippen LogP) is 0.978. The van der Waals surface area contributed by atoms with Crippen LogP contribution in [-0.4, -0.2) is 38.4 Å². The second-order valence-electron chi connectivity index (χ2n) is 5.72. The third kappa shape index (κ3) is 4.57. The van der Waals surface area contributed by atoms with E-state index < -0.39 is 0 Å². The number of halogens is 1. The lowest BCUT2D eigenvalue weighted by atomic mass is 10.3. The van der Waals surface area contributed by atoms with Crippen LogP contribution >= 0.6 is 0 Å². The van der Waals surface area contributed by atoms with Crippen molar-refractivity contribution >= 4 is 5.91 Å². The first-order valence-corrected chi connectivity index (χ1v) is 8.24. The Kier molecular flexibility index (Phi) is 5.60. The normalized spacial score (nSPS) is 10.6. The molecule has 2 heterocycles. The van der Waals surface area contributed by atoms with Crippen molar-refractivity contribution in [1.82, 2.24) is 24.6 Å². The van der Waals surface area contributed by atoms with Gasteiger partial charge in [0.2, 0.25) is 0 Å². The van der Waals surface area contributed by atoms with Crippen LogP contribution in [0.25, 0.3) is 11.4 Å². The number of nitrogens with zero attached hydrogens (tertiary/aromatic N) is 4. The van der Waals surface area contributed by atoms with Crippen molar-refractivity contribution in [3.05, 3.63) is 65.1 Å². The Labute approximate surface area is 154 Å². The number of rotatable bonds is 7. The quantitative estimate of drug-likeness (QED) is 0.669. The molecule has 0 aliphatic rings. The van der Waals surface area contributed by atoms with Crippen LogP contribution in [0.4, 0.5) is 4.39 Å². The first-order valence-electron chi connectivity index (χ1n) is 8.24. The largest absolute Gasteiger partial charge is 0.484 e. The maximum atomic E-state index is 12.8. The van der Waals surface area contributed by atoms with Crippen LogP contribution in [-0.2, 0) is 18.4 Å². The van der Waals surface area contributed by atoms with Gasteiger partial charge in [0.05, 0.1) is 6.54 Å². The molecule has 0 unspecified atom stereocenters. The molecular weight excluding hydrogens is 353 g/mol. The van der Waals surface area contributed by atoms with Crippen molar-refractivity contribution < 1.29 is 13.9 Å². The summed E-state index contributed by atoms with van der Waals surface area (Å²) in [7, 11) is 1.63. The lowest BCUT2D eigenvalue weighted by Gasteiger charge is -2.07. The van der Waals surface area contributed by atoms with E-state index in [1.165, 1.54) is 33.5 Å². The number of amides is 1. The second-order valence-corrected chi connectivity index (χ2v) is 5.72. The van der Waals surface area contributed by atoms with Crippen LogP contribution < -0.4 is 15.7 Å². The summed E-state index contributed by atoms with van der Waals surface area (Å²) in [6.45, 7) is 0.230. The number of ether oxygens (including phenoxy) is 1. The van der Waals surface area contributed by atoms with E-state index in [9.17, 15) is 14.0 Å². The molecule has 0 bridgehead atoms. The fraction of sp³-hybridized carbons (Fsp3) is 0.222. The molecule has 27 heavy (non-hydrogen) atoms. The zero-order chi connectivity index (χ0) is 19.2. The summed E-state index contributed by atoms with van der Waals surface area (Å²) in [4.78, 5) is 28.1. The van der Waals surface area contributed by atoms with E-state index in [-0.39, 0.29) is 37.1 Å². The average molecular weight is 371 g/mol. The number of hydrogen-bond donors (Lipinski definition) is 1. The number of carbonyl (C=O) groups excluding carboxylic acids is 1. The summed E-state index contributed by atoms with van der Waals surface area (Å²) in [6.07, 6.45) is 3.27. The molecule has 140 valence electrons. The van der Waals surface area contributed by atoms with Crippen LogP contribution in [0.5, 0.6) is 5.75 Å². The standard InChI is InChI=1S/C18H18FN5O3/c1-23-17(13-3-2-8-20-11-13)22-24(18(23)26)10-9-21-16(25)12-27-15-6-4-14(19)5-7-15/h2-8,11H,9-10,12H2,1H3,(H,21,25). The highest BCUT2D eigenvalue weighted by atomic mass is 19.1. The molecule has 0 atom stereocenters. The summed E-state index contributed by atoms with van der Waals surface area (Å²) >= 11 is 0. The first kappa shape index (κ1) is 18.3. The SMILES string of the molecule is Cn1c(-c2cccnc2)nn(CCNC(=O)COc2ccc(F)cc2)c1=O. The first-order chi connectivity index (χ1) is 13.0. The van der Waals surface area contributed by atoms with E-state index in [1.54, 1.807) is 25.5 Å². The molecule has 0 radical (unpaired) electrons. The van der Waals surface area contributed by atoms with E-state index in [0.717, 1.165) is 5.56 Å². The van der Waals surface area contributed by atoms with Crippen LogP contribution in [0.15, 0.2) is 53.6 Å². The van der Waals surface area contributed by atoms with Crippen molar-refractivity contribution in [2.75, 3.05) is 13.2 Å². The van der Waals surface area contributed by atoms with Crippen molar-refractivity contribution in [3.8, 4) is 17.1 Å². The number of hydrogen-bond acceptors (Lipinski definition) is 5. The van der Waals surface area contributed by atoms with Crippen molar-refractivity contribution in [3.63, 3.8) is 0 Å². The van der Waals surface area contributed by atoms with Crippen molar-refractivity contribution in [1.29, 1.82) is 0 Å². The molecule has 0 saturated heterocycles. The highest BCUT2D eigenvalue weighted by Crippen LogP contribution is 2.12. The maximum absolute atomic E-state index is 12.8. The zero-order valence-electron chi connectivity index (χ0n) is 14.6. The highest BCUT2D eigenvalue weighted by molar-refractivity contribution is 5.77. The molecule has 9 heteroatoms. The van der Waals surface area contributed by atoms with E-state index >= 15 is 0 Å².